The summed E-state index contributed by atoms with van der Waals surface area (Å²) >= 11 is 11.7. The maximum Gasteiger partial charge on any atom is 0.227 e. The minimum absolute atomic E-state index is 0.116. The van der Waals surface area contributed by atoms with Gasteiger partial charge in [0.25, 0.3) is 0 Å². The van der Waals surface area contributed by atoms with E-state index in [1.54, 1.807) is 0 Å². The molecule has 180 valence electrons. The summed E-state index contributed by atoms with van der Waals surface area (Å²) in [6.45, 7) is 8.32. The largest absolute Gasteiger partial charge is 0.281 e. The van der Waals surface area contributed by atoms with Crippen LogP contribution >= 0.6 is 23.2 Å². The van der Waals surface area contributed by atoms with Gasteiger partial charge < -0.3 is 0 Å². The van der Waals surface area contributed by atoms with Crippen molar-refractivity contribution in [3.63, 3.8) is 0 Å². The fourth-order valence-corrected chi connectivity index (χ4v) is 10.6. The highest BCUT2D eigenvalue weighted by atomic mass is 35.5. The van der Waals surface area contributed by atoms with Gasteiger partial charge in [-0.1, -0.05) is 27.7 Å². The Balaban J connectivity index is 0.000000135. The van der Waals surface area contributed by atoms with Crippen molar-refractivity contribution in [2.75, 3.05) is 0 Å². The van der Waals surface area contributed by atoms with Gasteiger partial charge in [0.15, 0.2) is 0 Å². The molecular weight excluding hydrogens is 439 g/mol. The molecule has 0 radical (unpaired) electrons. The Labute approximate surface area is 204 Å². The van der Waals surface area contributed by atoms with E-state index < -0.39 is 0 Å². The predicted octanol–water partition coefficient (Wildman–Crippen LogP) is 7.99. The number of carbonyl (C=O) groups excluding carboxylic acids is 2. The highest BCUT2D eigenvalue weighted by molar-refractivity contribution is 6.65. The van der Waals surface area contributed by atoms with Crippen molar-refractivity contribution in [1.29, 1.82) is 0 Å². The summed E-state index contributed by atoms with van der Waals surface area (Å²) in [5, 5.41) is -0.232. The molecule has 0 saturated heterocycles. The van der Waals surface area contributed by atoms with E-state index in [1.165, 1.54) is 77.0 Å². The second kappa shape index (κ2) is 7.71. The number of hydrogen-bond acceptors (Lipinski definition) is 2. The van der Waals surface area contributed by atoms with Crippen LogP contribution in [0, 0.1) is 57.2 Å². The molecule has 2 nitrogen and oxygen atoms in total. The average molecular weight is 482 g/mol. The maximum absolute atomic E-state index is 11.7. The van der Waals surface area contributed by atoms with Gasteiger partial charge in [0.2, 0.25) is 10.5 Å². The first kappa shape index (κ1) is 23.7. The molecule has 0 spiro atoms. The molecule has 8 aliphatic rings. The van der Waals surface area contributed by atoms with E-state index in [0.717, 1.165) is 35.5 Å². The van der Waals surface area contributed by atoms with E-state index >= 15 is 0 Å². The molecule has 0 aromatic carbocycles. The van der Waals surface area contributed by atoms with Crippen LogP contribution in [0.25, 0.3) is 0 Å². The van der Waals surface area contributed by atoms with E-state index in [2.05, 4.69) is 27.7 Å². The Morgan fingerprint density at radius 3 is 0.875 bits per heavy atom. The summed E-state index contributed by atoms with van der Waals surface area (Å²) in [5.74, 6) is 5.34. The van der Waals surface area contributed by atoms with Crippen LogP contribution in [0.2, 0.25) is 0 Å². The second-order valence-electron chi connectivity index (χ2n) is 14.2. The molecule has 0 aromatic rings. The van der Waals surface area contributed by atoms with Crippen LogP contribution in [0.3, 0.4) is 0 Å². The Bertz CT molecular complexity index is 659. The molecule has 8 aliphatic carbocycles. The van der Waals surface area contributed by atoms with Gasteiger partial charge >= 0.3 is 0 Å². The Morgan fingerprint density at radius 2 is 0.719 bits per heavy atom. The number of carbonyl (C=O) groups is 2. The highest BCUT2D eigenvalue weighted by Crippen LogP contribution is 2.67. The standard InChI is InChI=1S/2C14H21ClO/c2*1-13(2,12(15)16)14-6-9-3-10(7-14)5-11(4-9)8-14/h2*9-11H,3-8H2,1-2H3. The zero-order valence-corrected chi connectivity index (χ0v) is 22.0. The quantitative estimate of drug-likeness (QED) is 0.381. The number of halogens is 2. The van der Waals surface area contributed by atoms with Crippen molar-refractivity contribution >= 4 is 33.7 Å². The molecule has 8 fully saturated rings. The van der Waals surface area contributed by atoms with Crippen LogP contribution in [0.4, 0.5) is 0 Å². The first-order chi connectivity index (χ1) is 14.9. The van der Waals surface area contributed by atoms with Gasteiger partial charge in [-0.2, -0.15) is 0 Å². The predicted molar refractivity (Wildman–Crippen MR) is 130 cm³/mol. The van der Waals surface area contributed by atoms with Crippen LogP contribution in [0.15, 0.2) is 0 Å². The fourth-order valence-electron chi connectivity index (χ4n) is 10.2. The zero-order valence-electron chi connectivity index (χ0n) is 20.5. The van der Waals surface area contributed by atoms with Crippen LogP contribution in [-0.4, -0.2) is 10.5 Å². The van der Waals surface area contributed by atoms with Crippen molar-refractivity contribution in [3.8, 4) is 0 Å². The molecule has 32 heavy (non-hydrogen) atoms. The fraction of sp³-hybridized carbons (Fsp3) is 0.929. The topological polar surface area (TPSA) is 34.1 Å². The summed E-state index contributed by atoms with van der Waals surface area (Å²) in [4.78, 5) is 23.5. The van der Waals surface area contributed by atoms with Crippen molar-refractivity contribution < 1.29 is 9.59 Å². The third-order valence-electron chi connectivity index (χ3n) is 11.7. The van der Waals surface area contributed by atoms with Crippen molar-refractivity contribution in [1.82, 2.24) is 0 Å². The maximum atomic E-state index is 11.7. The molecule has 0 unspecified atom stereocenters. The van der Waals surface area contributed by atoms with Crippen LogP contribution in [0.1, 0.15) is 105 Å². The Hall–Kier alpha value is -0.0800. The monoisotopic (exact) mass is 480 g/mol. The minimum Gasteiger partial charge on any atom is -0.281 e. The lowest BCUT2D eigenvalue weighted by atomic mass is 9.43. The molecule has 8 saturated carbocycles. The molecule has 0 aromatic heterocycles. The first-order valence-electron chi connectivity index (χ1n) is 13.3. The number of rotatable bonds is 4. The third kappa shape index (κ3) is 3.55. The van der Waals surface area contributed by atoms with Gasteiger partial charge in [-0.3, -0.25) is 9.59 Å². The minimum atomic E-state index is -0.315. The van der Waals surface area contributed by atoms with Crippen molar-refractivity contribution in [3.05, 3.63) is 0 Å². The smallest absolute Gasteiger partial charge is 0.227 e. The van der Waals surface area contributed by atoms with E-state index in [1.807, 2.05) is 0 Å². The van der Waals surface area contributed by atoms with Gasteiger partial charge in [-0.25, -0.2) is 0 Å². The molecule has 0 heterocycles. The van der Waals surface area contributed by atoms with Gasteiger partial charge in [-0.15, -0.1) is 0 Å². The first-order valence-corrected chi connectivity index (χ1v) is 14.0. The van der Waals surface area contributed by atoms with Crippen molar-refractivity contribution in [2.24, 2.45) is 57.2 Å². The van der Waals surface area contributed by atoms with E-state index in [0.29, 0.717) is 0 Å². The van der Waals surface area contributed by atoms with E-state index in [-0.39, 0.29) is 32.1 Å². The molecule has 0 amide bonds. The van der Waals surface area contributed by atoms with Crippen LogP contribution in [-0.2, 0) is 9.59 Å². The van der Waals surface area contributed by atoms with Gasteiger partial charge in [0.05, 0.1) is 0 Å². The molecule has 0 N–H and O–H groups in total. The normalized spacial score (nSPS) is 46.1. The average Bonchev–Trinajstić information content (AvgIpc) is 2.66. The van der Waals surface area contributed by atoms with Crippen molar-refractivity contribution in [2.45, 2.75) is 105 Å². The molecule has 0 atom stereocenters. The molecular formula is C28H42Cl2O2. The van der Waals surface area contributed by atoms with Gasteiger partial charge in [0, 0.05) is 10.8 Å². The van der Waals surface area contributed by atoms with E-state index in [4.69, 9.17) is 23.2 Å². The SMILES string of the molecule is CC(C)(C(=O)Cl)C12CC3CC(CC(C3)C1)C2.CC(C)(C(=O)Cl)C12CC3CC(CC(C3)C1)C2. The lowest BCUT2D eigenvalue weighted by Crippen LogP contribution is -2.54. The summed E-state index contributed by atoms with van der Waals surface area (Å²) in [6, 6.07) is 0. The second-order valence-corrected chi connectivity index (χ2v) is 14.9. The summed E-state index contributed by atoms with van der Waals surface area (Å²) in [6.07, 6.45) is 16.1. The highest BCUT2D eigenvalue weighted by Gasteiger charge is 2.60. The molecule has 8 bridgehead atoms. The van der Waals surface area contributed by atoms with E-state index in [9.17, 15) is 9.59 Å². The summed E-state index contributed by atoms with van der Waals surface area (Å²) in [7, 11) is 0. The third-order valence-corrected chi connectivity index (χ3v) is 12.7. The summed E-state index contributed by atoms with van der Waals surface area (Å²) < 4.78 is 0. The van der Waals surface area contributed by atoms with Crippen LogP contribution < -0.4 is 0 Å². The summed E-state index contributed by atoms with van der Waals surface area (Å²) in [5.41, 5.74) is -0.156. The molecule has 4 heteroatoms. The Kier molecular flexibility index (Phi) is 5.70. The van der Waals surface area contributed by atoms with Crippen LogP contribution in [0.5, 0.6) is 0 Å². The van der Waals surface area contributed by atoms with Gasteiger partial charge in [-0.05, 0) is 147 Å². The van der Waals surface area contributed by atoms with Gasteiger partial charge in [0.1, 0.15) is 0 Å². The lowest BCUT2D eigenvalue weighted by molar-refractivity contribution is -0.147. The Morgan fingerprint density at radius 1 is 0.531 bits per heavy atom. The number of hydrogen-bond donors (Lipinski definition) is 0. The molecule has 8 rings (SSSR count). The lowest BCUT2D eigenvalue weighted by Gasteiger charge is -2.61. The molecule has 0 aliphatic heterocycles. The zero-order chi connectivity index (χ0) is 23.1.